The highest BCUT2D eigenvalue weighted by atomic mass is 35.5. The molecule has 0 N–H and O–H groups in total. The summed E-state index contributed by atoms with van der Waals surface area (Å²) in [5.74, 6) is -1.46. The van der Waals surface area contributed by atoms with E-state index in [1.54, 1.807) is 24.3 Å². The summed E-state index contributed by atoms with van der Waals surface area (Å²) in [6, 6.07) is 10.0. The zero-order valence-corrected chi connectivity index (χ0v) is 12.7. The number of halogens is 2. The summed E-state index contributed by atoms with van der Waals surface area (Å²) in [4.78, 5) is 24.7. The predicted molar refractivity (Wildman–Crippen MR) is 84.2 cm³/mol. The van der Waals surface area contributed by atoms with Gasteiger partial charge in [0.15, 0.2) is 11.3 Å². The number of fused-ring (bicyclic) bond motifs is 1. The minimum absolute atomic E-state index is 0.0255. The van der Waals surface area contributed by atoms with Gasteiger partial charge in [-0.25, -0.2) is 9.18 Å². The third kappa shape index (κ3) is 2.59. The number of methoxy groups -OCH3 is 1. The third-order valence-electron chi connectivity index (χ3n) is 3.36. The Hall–Kier alpha value is -2.66. The lowest BCUT2D eigenvalue weighted by Crippen LogP contribution is -2.18. The Morgan fingerprint density at radius 1 is 1.22 bits per heavy atom. The van der Waals surface area contributed by atoms with Crippen molar-refractivity contribution >= 4 is 28.5 Å². The molecular weight excluding hydrogens is 323 g/mol. The van der Waals surface area contributed by atoms with Crippen LogP contribution in [0.5, 0.6) is 0 Å². The van der Waals surface area contributed by atoms with Crippen LogP contribution in [0.15, 0.2) is 51.7 Å². The fourth-order valence-electron chi connectivity index (χ4n) is 2.29. The first-order valence-corrected chi connectivity index (χ1v) is 7.00. The molecular formula is C17H10ClFO4. The van der Waals surface area contributed by atoms with Gasteiger partial charge in [-0.3, -0.25) is 4.79 Å². The molecule has 0 amide bonds. The lowest BCUT2D eigenvalue weighted by Gasteiger charge is -2.10. The molecule has 3 rings (SSSR count). The van der Waals surface area contributed by atoms with Gasteiger partial charge in [-0.15, -0.1) is 0 Å². The van der Waals surface area contributed by atoms with Gasteiger partial charge < -0.3 is 9.15 Å². The molecule has 1 heterocycles. The van der Waals surface area contributed by atoms with Crippen LogP contribution in [0.1, 0.15) is 10.4 Å². The third-order valence-corrected chi connectivity index (χ3v) is 3.69. The molecule has 0 aliphatic heterocycles. The largest absolute Gasteiger partial charge is 0.465 e. The van der Waals surface area contributed by atoms with Crippen molar-refractivity contribution in [3.05, 3.63) is 69.1 Å². The lowest BCUT2D eigenvalue weighted by molar-refractivity contribution is 0.0598. The fourth-order valence-corrected chi connectivity index (χ4v) is 2.51. The lowest BCUT2D eigenvalue weighted by atomic mass is 10.0. The Morgan fingerprint density at radius 2 is 1.96 bits per heavy atom. The highest BCUT2D eigenvalue weighted by molar-refractivity contribution is 6.33. The first-order chi connectivity index (χ1) is 11.0. The Morgan fingerprint density at radius 3 is 2.65 bits per heavy atom. The molecule has 6 heteroatoms. The van der Waals surface area contributed by atoms with E-state index in [0.29, 0.717) is 5.56 Å². The second-order valence-corrected chi connectivity index (χ2v) is 5.15. The molecule has 3 aromatic rings. The number of esters is 1. The molecule has 1 aromatic heterocycles. The summed E-state index contributed by atoms with van der Waals surface area (Å²) in [6.45, 7) is 0. The smallest absolute Gasteiger partial charge is 0.345 e. The van der Waals surface area contributed by atoms with Crippen molar-refractivity contribution in [3.63, 3.8) is 0 Å². The van der Waals surface area contributed by atoms with Crippen LogP contribution in [0, 0.1) is 5.82 Å². The molecule has 0 aliphatic carbocycles. The van der Waals surface area contributed by atoms with Gasteiger partial charge in [0.25, 0.3) is 0 Å². The molecule has 0 aliphatic rings. The molecule has 0 fully saturated rings. The molecule has 0 spiro atoms. The van der Waals surface area contributed by atoms with E-state index in [2.05, 4.69) is 4.74 Å². The molecule has 0 bridgehead atoms. The Balaban J connectivity index is 2.46. The van der Waals surface area contributed by atoms with Gasteiger partial charge in [-0.05, 0) is 24.3 Å². The van der Waals surface area contributed by atoms with Crippen molar-refractivity contribution in [2.75, 3.05) is 7.11 Å². The summed E-state index contributed by atoms with van der Waals surface area (Å²) in [6.07, 6.45) is 0. The Bertz CT molecular complexity index is 978. The molecule has 0 unspecified atom stereocenters. The van der Waals surface area contributed by atoms with Gasteiger partial charge in [0, 0.05) is 11.6 Å². The molecule has 0 saturated carbocycles. The average Bonchev–Trinajstić information content (AvgIpc) is 2.54. The number of hydrogen-bond acceptors (Lipinski definition) is 4. The van der Waals surface area contributed by atoms with Crippen LogP contribution < -0.4 is 5.43 Å². The van der Waals surface area contributed by atoms with Gasteiger partial charge in [-0.1, -0.05) is 23.7 Å². The van der Waals surface area contributed by atoms with Crippen molar-refractivity contribution in [2.24, 2.45) is 0 Å². The number of benzene rings is 2. The summed E-state index contributed by atoms with van der Waals surface area (Å²) >= 11 is 6.13. The van der Waals surface area contributed by atoms with E-state index in [-0.39, 0.29) is 27.3 Å². The van der Waals surface area contributed by atoms with Crippen molar-refractivity contribution in [1.29, 1.82) is 0 Å². The van der Waals surface area contributed by atoms with Crippen LogP contribution in [0.25, 0.3) is 22.3 Å². The molecule has 116 valence electrons. The molecule has 23 heavy (non-hydrogen) atoms. The fraction of sp³-hybridized carbons (Fsp3) is 0.0588. The maximum absolute atomic E-state index is 13.4. The zero-order valence-electron chi connectivity index (χ0n) is 11.9. The SMILES string of the molecule is COC(=O)c1c(-c2ccccc2Cl)oc2cc(F)ccc2c1=O. The van der Waals surface area contributed by atoms with E-state index in [9.17, 15) is 14.0 Å². The normalized spacial score (nSPS) is 10.7. The molecule has 4 nitrogen and oxygen atoms in total. The van der Waals surface area contributed by atoms with Gasteiger partial charge in [0.1, 0.15) is 11.4 Å². The van der Waals surface area contributed by atoms with Gasteiger partial charge in [0.2, 0.25) is 5.43 Å². The molecule has 0 saturated heterocycles. The number of rotatable bonds is 2. The van der Waals surface area contributed by atoms with Crippen molar-refractivity contribution < 1.29 is 18.3 Å². The molecule has 0 atom stereocenters. The van der Waals surface area contributed by atoms with Crippen LogP contribution in [-0.4, -0.2) is 13.1 Å². The average molecular weight is 333 g/mol. The second-order valence-electron chi connectivity index (χ2n) is 4.75. The second kappa shape index (κ2) is 5.85. The Labute approximate surface area is 135 Å². The summed E-state index contributed by atoms with van der Waals surface area (Å²) in [5, 5.41) is 0.374. The zero-order chi connectivity index (χ0) is 16.6. The standard InChI is InChI=1S/C17H10ClFO4/c1-22-17(21)14-15(20)11-7-6-9(19)8-13(11)23-16(14)10-4-2-3-5-12(10)18/h2-8H,1H3. The minimum atomic E-state index is -0.847. The van der Waals surface area contributed by atoms with Crippen molar-refractivity contribution in [2.45, 2.75) is 0 Å². The van der Waals surface area contributed by atoms with Crippen LogP contribution in [0.3, 0.4) is 0 Å². The number of ether oxygens (including phenoxy) is 1. The number of carbonyl (C=O) groups is 1. The number of carbonyl (C=O) groups excluding carboxylic acids is 1. The van der Waals surface area contributed by atoms with E-state index in [4.69, 9.17) is 16.0 Å². The van der Waals surface area contributed by atoms with Gasteiger partial charge in [-0.2, -0.15) is 0 Å². The first-order valence-electron chi connectivity index (χ1n) is 6.62. The summed E-state index contributed by atoms with van der Waals surface area (Å²) in [5.41, 5.74) is -0.511. The number of hydrogen-bond donors (Lipinski definition) is 0. The van der Waals surface area contributed by atoms with E-state index in [1.165, 1.54) is 6.07 Å². The summed E-state index contributed by atoms with van der Waals surface area (Å²) < 4.78 is 23.7. The van der Waals surface area contributed by atoms with Crippen LogP contribution in [-0.2, 0) is 4.74 Å². The summed E-state index contributed by atoms with van der Waals surface area (Å²) in [7, 11) is 1.16. The molecule has 0 radical (unpaired) electrons. The van der Waals surface area contributed by atoms with Crippen molar-refractivity contribution in [3.8, 4) is 11.3 Å². The predicted octanol–water partition coefficient (Wildman–Crippen LogP) is 4.04. The quantitative estimate of drug-likeness (QED) is 0.665. The monoisotopic (exact) mass is 332 g/mol. The maximum atomic E-state index is 13.4. The van der Waals surface area contributed by atoms with E-state index >= 15 is 0 Å². The van der Waals surface area contributed by atoms with Crippen molar-refractivity contribution in [1.82, 2.24) is 0 Å². The van der Waals surface area contributed by atoms with E-state index < -0.39 is 17.2 Å². The van der Waals surface area contributed by atoms with Crippen LogP contribution in [0.4, 0.5) is 4.39 Å². The maximum Gasteiger partial charge on any atom is 0.345 e. The highest BCUT2D eigenvalue weighted by Gasteiger charge is 2.24. The Kier molecular flexibility index (Phi) is 3.88. The van der Waals surface area contributed by atoms with E-state index in [0.717, 1.165) is 19.2 Å². The highest BCUT2D eigenvalue weighted by Crippen LogP contribution is 2.31. The van der Waals surface area contributed by atoms with Crippen LogP contribution in [0.2, 0.25) is 5.02 Å². The topological polar surface area (TPSA) is 56.5 Å². The van der Waals surface area contributed by atoms with Gasteiger partial charge in [0.05, 0.1) is 17.5 Å². The van der Waals surface area contributed by atoms with Crippen LogP contribution >= 0.6 is 11.6 Å². The minimum Gasteiger partial charge on any atom is -0.465 e. The van der Waals surface area contributed by atoms with Gasteiger partial charge >= 0.3 is 5.97 Å². The van der Waals surface area contributed by atoms with E-state index in [1.807, 2.05) is 0 Å². The molecule has 2 aromatic carbocycles. The first kappa shape index (κ1) is 15.2.